The lowest BCUT2D eigenvalue weighted by atomic mass is 9.63. The quantitative estimate of drug-likeness (QED) is 0.526. The molecule has 0 heteroatoms. The molecule has 1 saturated carbocycles. The highest BCUT2D eigenvalue weighted by molar-refractivity contribution is 5.12. The molecule has 0 aromatic rings. The van der Waals surface area contributed by atoms with Gasteiger partial charge in [0.15, 0.2) is 0 Å². The molecule has 0 aromatic carbocycles. The third kappa shape index (κ3) is 3.48. The van der Waals surface area contributed by atoms with Crippen molar-refractivity contribution in [1.82, 2.24) is 0 Å². The molecule has 1 fully saturated rings. The minimum absolute atomic E-state index is 0.502. The Labute approximate surface area is 89.8 Å². The highest BCUT2D eigenvalue weighted by atomic mass is 14.4. The normalized spacial score (nSPS) is 25.2. The third-order valence-electron chi connectivity index (χ3n) is 2.94. The van der Waals surface area contributed by atoms with Crippen LogP contribution in [0.5, 0.6) is 0 Å². The molecule has 14 heavy (non-hydrogen) atoms. The predicted octanol–water partition coefficient (Wildman–Crippen LogP) is 4.81. The van der Waals surface area contributed by atoms with Gasteiger partial charge in [-0.2, -0.15) is 0 Å². The Kier molecular flexibility index (Phi) is 3.13. The van der Waals surface area contributed by atoms with Gasteiger partial charge in [-0.3, -0.25) is 0 Å². The van der Waals surface area contributed by atoms with Gasteiger partial charge in [-0.1, -0.05) is 53.2 Å². The highest BCUT2D eigenvalue weighted by Crippen LogP contribution is 2.48. The minimum atomic E-state index is 0.502. The van der Waals surface area contributed by atoms with Crippen LogP contribution in [0.25, 0.3) is 0 Å². The van der Waals surface area contributed by atoms with Crippen LogP contribution in [0.15, 0.2) is 11.6 Å². The highest BCUT2D eigenvalue weighted by Gasteiger charge is 2.35. The Morgan fingerprint density at radius 1 is 1.00 bits per heavy atom. The first kappa shape index (κ1) is 11.8. The molecular formula is C14H26. The van der Waals surface area contributed by atoms with Gasteiger partial charge in [0, 0.05) is 0 Å². The number of hydrogen-bond acceptors (Lipinski definition) is 0. The maximum atomic E-state index is 2.47. The molecule has 0 aliphatic heterocycles. The van der Waals surface area contributed by atoms with Crippen molar-refractivity contribution in [3.05, 3.63) is 11.6 Å². The van der Waals surface area contributed by atoms with E-state index in [1.54, 1.807) is 5.57 Å². The largest absolute Gasteiger partial charge is 0.0827 e. The molecule has 0 atom stereocenters. The van der Waals surface area contributed by atoms with Crippen molar-refractivity contribution in [3.8, 4) is 0 Å². The van der Waals surface area contributed by atoms with Crippen molar-refractivity contribution in [3.63, 3.8) is 0 Å². The van der Waals surface area contributed by atoms with Gasteiger partial charge in [0.1, 0.15) is 0 Å². The molecule has 0 amide bonds. The van der Waals surface area contributed by atoms with Gasteiger partial charge in [0.25, 0.3) is 0 Å². The first-order chi connectivity index (χ1) is 6.20. The average molecular weight is 194 g/mol. The van der Waals surface area contributed by atoms with Gasteiger partial charge in [-0.05, 0) is 36.0 Å². The fourth-order valence-corrected chi connectivity index (χ4v) is 3.30. The lowest BCUT2D eigenvalue weighted by Crippen LogP contribution is -2.30. The fraction of sp³-hybridized carbons (Fsp3) is 0.857. The first-order valence-electron chi connectivity index (χ1n) is 5.90. The molecule has 0 N–H and O–H groups in total. The molecule has 0 spiro atoms. The van der Waals surface area contributed by atoms with Crippen molar-refractivity contribution < 1.29 is 0 Å². The number of rotatable bonds is 1. The Hall–Kier alpha value is -0.260. The van der Waals surface area contributed by atoms with Crippen molar-refractivity contribution in [1.29, 1.82) is 0 Å². The van der Waals surface area contributed by atoms with Gasteiger partial charge in [-0.25, -0.2) is 0 Å². The standard InChI is InChI=1S/C14H26/c1-11(2)7-12-8-13(3,4)10-14(5,6)9-12/h7,11H,8-10H2,1-6H3. The van der Waals surface area contributed by atoms with Crippen LogP contribution in [0.3, 0.4) is 0 Å². The molecule has 1 aliphatic carbocycles. The molecule has 0 unspecified atom stereocenters. The van der Waals surface area contributed by atoms with Crippen LogP contribution in [0.1, 0.15) is 60.8 Å². The zero-order valence-corrected chi connectivity index (χ0v) is 10.8. The summed E-state index contributed by atoms with van der Waals surface area (Å²) in [6, 6.07) is 0. The van der Waals surface area contributed by atoms with E-state index >= 15 is 0 Å². The Balaban J connectivity index is 2.82. The molecule has 1 aliphatic rings. The lowest BCUT2D eigenvalue weighted by Gasteiger charge is -2.42. The summed E-state index contributed by atoms with van der Waals surface area (Å²) < 4.78 is 0. The molecule has 0 heterocycles. The second kappa shape index (κ2) is 3.72. The fourth-order valence-electron chi connectivity index (χ4n) is 3.30. The van der Waals surface area contributed by atoms with E-state index in [2.05, 4.69) is 47.6 Å². The Bertz CT molecular complexity index is 210. The van der Waals surface area contributed by atoms with Crippen molar-refractivity contribution in [2.45, 2.75) is 60.8 Å². The smallest absolute Gasteiger partial charge is 0.0268 e. The van der Waals surface area contributed by atoms with Crippen molar-refractivity contribution >= 4 is 0 Å². The second-order valence-corrected chi connectivity index (χ2v) is 6.93. The summed E-state index contributed by atoms with van der Waals surface area (Å²) in [5, 5.41) is 0. The minimum Gasteiger partial charge on any atom is -0.0827 e. The van der Waals surface area contributed by atoms with Crippen molar-refractivity contribution in [2.75, 3.05) is 0 Å². The molecule has 0 radical (unpaired) electrons. The van der Waals surface area contributed by atoms with E-state index in [0.29, 0.717) is 16.7 Å². The second-order valence-electron chi connectivity index (χ2n) is 6.93. The molecule has 0 saturated heterocycles. The summed E-state index contributed by atoms with van der Waals surface area (Å²) in [5.41, 5.74) is 2.69. The zero-order valence-electron chi connectivity index (χ0n) is 10.8. The van der Waals surface area contributed by atoms with Gasteiger partial charge < -0.3 is 0 Å². The molecule has 0 nitrogen and oxygen atoms in total. The molecule has 0 bridgehead atoms. The summed E-state index contributed by atoms with van der Waals surface area (Å²) in [6.45, 7) is 14.2. The predicted molar refractivity (Wildman–Crippen MR) is 64.3 cm³/mol. The van der Waals surface area contributed by atoms with Crippen LogP contribution >= 0.6 is 0 Å². The SMILES string of the molecule is CC(C)C=C1CC(C)(C)CC(C)(C)C1. The van der Waals surface area contributed by atoms with E-state index < -0.39 is 0 Å². The van der Waals surface area contributed by atoms with Crippen LogP contribution in [-0.2, 0) is 0 Å². The van der Waals surface area contributed by atoms with Crippen LogP contribution in [0, 0.1) is 16.7 Å². The van der Waals surface area contributed by atoms with Gasteiger partial charge in [0.05, 0.1) is 0 Å². The van der Waals surface area contributed by atoms with E-state index in [4.69, 9.17) is 0 Å². The van der Waals surface area contributed by atoms with E-state index in [1.165, 1.54) is 19.3 Å². The van der Waals surface area contributed by atoms with E-state index in [-0.39, 0.29) is 0 Å². The van der Waals surface area contributed by atoms with E-state index in [0.717, 1.165) is 0 Å². The summed E-state index contributed by atoms with van der Waals surface area (Å²) >= 11 is 0. The maximum Gasteiger partial charge on any atom is -0.0268 e. The third-order valence-corrected chi connectivity index (χ3v) is 2.94. The lowest BCUT2D eigenvalue weighted by molar-refractivity contribution is 0.153. The number of allylic oxidation sites excluding steroid dienone is 2. The molecule has 1 rings (SSSR count). The van der Waals surface area contributed by atoms with E-state index in [9.17, 15) is 0 Å². The molecular weight excluding hydrogens is 168 g/mol. The van der Waals surface area contributed by atoms with Crippen LogP contribution in [0.2, 0.25) is 0 Å². The average Bonchev–Trinajstić information content (AvgIpc) is 1.74. The van der Waals surface area contributed by atoms with Gasteiger partial charge in [0.2, 0.25) is 0 Å². The van der Waals surface area contributed by atoms with Gasteiger partial charge in [-0.15, -0.1) is 0 Å². The summed E-state index contributed by atoms with van der Waals surface area (Å²) in [5.74, 6) is 0.703. The Morgan fingerprint density at radius 3 is 1.79 bits per heavy atom. The topological polar surface area (TPSA) is 0 Å². The van der Waals surface area contributed by atoms with Crippen LogP contribution in [-0.4, -0.2) is 0 Å². The number of hydrogen-bond donors (Lipinski definition) is 0. The van der Waals surface area contributed by atoms with Gasteiger partial charge >= 0.3 is 0 Å². The van der Waals surface area contributed by atoms with Crippen LogP contribution < -0.4 is 0 Å². The summed E-state index contributed by atoms with van der Waals surface area (Å²) in [7, 11) is 0. The molecule has 82 valence electrons. The summed E-state index contributed by atoms with van der Waals surface area (Å²) in [4.78, 5) is 0. The first-order valence-corrected chi connectivity index (χ1v) is 5.90. The van der Waals surface area contributed by atoms with Crippen molar-refractivity contribution in [2.24, 2.45) is 16.7 Å². The maximum absolute atomic E-state index is 2.47. The Morgan fingerprint density at radius 2 is 1.43 bits per heavy atom. The molecule has 0 aromatic heterocycles. The zero-order chi connectivity index (χ0) is 11.0. The van der Waals surface area contributed by atoms with E-state index in [1.807, 2.05) is 0 Å². The van der Waals surface area contributed by atoms with Crippen LogP contribution in [0.4, 0.5) is 0 Å². The summed E-state index contributed by atoms with van der Waals surface area (Å²) in [6.07, 6.45) is 6.43. The monoisotopic (exact) mass is 194 g/mol.